The number of rotatable bonds is 5. The van der Waals surface area contributed by atoms with Crippen molar-refractivity contribution in [2.45, 2.75) is 26.7 Å². The van der Waals surface area contributed by atoms with Crippen molar-refractivity contribution in [2.24, 2.45) is 5.92 Å². The van der Waals surface area contributed by atoms with Gasteiger partial charge in [0.1, 0.15) is 0 Å². The van der Waals surface area contributed by atoms with E-state index in [9.17, 15) is 9.59 Å². The van der Waals surface area contributed by atoms with E-state index in [4.69, 9.17) is 5.11 Å². The minimum Gasteiger partial charge on any atom is -0.481 e. The molecular formula is C17H18O3. The minimum atomic E-state index is -0.861. The molecule has 1 N–H and O–H groups in total. The number of carbonyl (C=O) groups is 2. The maximum absolute atomic E-state index is 12.5. The van der Waals surface area contributed by atoms with Crippen molar-refractivity contribution in [3.8, 4) is 0 Å². The van der Waals surface area contributed by atoms with Crippen LogP contribution in [0.15, 0.2) is 36.4 Å². The number of hydrogen-bond acceptors (Lipinski definition) is 2. The molecule has 0 fully saturated rings. The largest absolute Gasteiger partial charge is 0.481 e. The van der Waals surface area contributed by atoms with Crippen molar-refractivity contribution >= 4 is 22.5 Å². The third kappa shape index (κ3) is 3.05. The van der Waals surface area contributed by atoms with E-state index in [0.29, 0.717) is 0 Å². The van der Waals surface area contributed by atoms with Gasteiger partial charge in [0, 0.05) is 18.4 Å². The summed E-state index contributed by atoms with van der Waals surface area (Å²) in [7, 11) is 0. The highest BCUT2D eigenvalue weighted by molar-refractivity contribution is 6.09. The van der Waals surface area contributed by atoms with Gasteiger partial charge in [-0.05, 0) is 29.2 Å². The van der Waals surface area contributed by atoms with Crippen LogP contribution in [-0.2, 0) is 4.79 Å². The molecule has 3 heteroatoms. The zero-order valence-electron chi connectivity index (χ0n) is 11.7. The van der Waals surface area contributed by atoms with Gasteiger partial charge >= 0.3 is 5.97 Å². The highest BCUT2D eigenvalue weighted by Crippen LogP contribution is 2.25. The van der Waals surface area contributed by atoms with E-state index in [1.165, 1.54) is 0 Å². The first kappa shape index (κ1) is 14.3. The summed E-state index contributed by atoms with van der Waals surface area (Å²) >= 11 is 0. The normalized spacial score (nSPS) is 12.3. The van der Waals surface area contributed by atoms with E-state index in [0.717, 1.165) is 21.9 Å². The van der Waals surface area contributed by atoms with E-state index in [-0.39, 0.29) is 24.5 Å². The van der Waals surface area contributed by atoms with Crippen molar-refractivity contribution in [1.82, 2.24) is 0 Å². The number of benzene rings is 2. The Kier molecular flexibility index (Phi) is 4.18. The first-order chi connectivity index (χ1) is 9.49. The van der Waals surface area contributed by atoms with Gasteiger partial charge in [0.05, 0.1) is 0 Å². The third-order valence-corrected chi connectivity index (χ3v) is 3.47. The molecule has 0 amide bonds. The number of hydrogen-bond donors (Lipinski definition) is 1. The van der Waals surface area contributed by atoms with Gasteiger partial charge in [0.2, 0.25) is 0 Å². The van der Waals surface area contributed by atoms with Gasteiger partial charge in [-0.15, -0.1) is 0 Å². The fraction of sp³-hybridized carbons (Fsp3) is 0.294. The Hall–Kier alpha value is -2.16. The lowest BCUT2D eigenvalue weighted by atomic mass is 9.91. The Morgan fingerprint density at radius 1 is 1.10 bits per heavy atom. The molecule has 0 aliphatic carbocycles. The number of Topliss-reactive ketones (excluding diaryl/α,β-unsaturated/α-hetero) is 1. The molecule has 0 bridgehead atoms. The number of aliphatic carboxylic acids is 1. The molecule has 2 aromatic rings. The molecule has 0 aliphatic rings. The van der Waals surface area contributed by atoms with Crippen LogP contribution in [0.2, 0.25) is 0 Å². The SMILES string of the molecule is Cc1ccc2ccccc2c1C(=O)CC(C)CC(=O)O. The van der Waals surface area contributed by atoms with Gasteiger partial charge in [-0.3, -0.25) is 9.59 Å². The summed E-state index contributed by atoms with van der Waals surface area (Å²) in [6.45, 7) is 3.72. The molecule has 2 rings (SSSR count). The number of carboxylic acids is 1. The predicted octanol–water partition coefficient (Wildman–Crippen LogP) is 3.83. The summed E-state index contributed by atoms with van der Waals surface area (Å²) in [5.74, 6) is -0.994. The topological polar surface area (TPSA) is 54.4 Å². The number of fused-ring (bicyclic) bond motifs is 1. The van der Waals surface area contributed by atoms with Crippen molar-refractivity contribution < 1.29 is 14.7 Å². The van der Waals surface area contributed by atoms with Gasteiger partial charge < -0.3 is 5.11 Å². The van der Waals surface area contributed by atoms with Crippen LogP contribution in [0.4, 0.5) is 0 Å². The third-order valence-electron chi connectivity index (χ3n) is 3.47. The molecule has 20 heavy (non-hydrogen) atoms. The van der Waals surface area contributed by atoms with Crippen molar-refractivity contribution in [3.63, 3.8) is 0 Å². The average Bonchev–Trinajstić information content (AvgIpc) is 2.37. The molecule has 0 aliphatic heterocycles. The highest BCUT2D eigenvalue weighted by Gasteiger charge is 2.17. The van der Waals surface area contributed by atoms with Crippen LogP contribution in [0, 0.1) is 12.8 Å². The van der Waals surface area contributed by atoms with Crippen molar-refractivity contribution in [3.05, 3.63) is 47.5 Å². The molecule has 0 aromatic heterocycles. The van der Waals surface area contributed by atoms with E-state index < -0.39 is 5.97 Å². The van der Waals surface area contributed by atoms with Gasteiger partial charge in [-0.25, -0.2) is 0 Å². The number of carboxylic acid groups (broad SMARTS) is 1. The quantitative estimate of drug-likeness (QED) is 0.840. The Labute approximate surface area is 118 Å². The van der Waals surface area contributed by atoms with E-state index in [1.54, 1.807) is 6.92 Å². The second-order valence-corrected chi connectivity index (χ2v) is 5.31. The Balaban J connectivity index is 2.34. The van der Waals surface area contributed by atoms with Crippen LogP contribution in [0.5, 0.6) is 0 Å². The monoisotopic (exact) mass is 270 g/mol. The summed E-state index contributed by atoms with van der Waals surface area (Å²) in [6.07, 6.45) is 0.288. The van der Waals surface area contributed by atoms with Crippen LogP contribution in [-0.4, -0.2) is 16.9 Å². The van der Waals surface area contributed by atoms with Gasteiger partial charge in [-0.1, -0.05) is 43.3 Å². The lowest BCUT2D eigenvalue weighted by Gasteiger charge is -2.12. The zero-order chi connectivity index (χ0) is 14.7. The second kappa shape index (κ2) is 5.87. The molecular weight excluding hydrogens is 252 g/mol. The lowest BCUT2D eigenvalue weighted by Crippen LogP contribution is -2.11. The molecule has 0 saturated carbocycles. The van der Waals surface area contributed by atoms with Gasteiger partial charge in [-0.2, -0.15) is 0 Å². The van der Waals surface area contributed by atoms with E-state index in [2.05, 4.69) is 0 Å². The Morgan fingerprint density at radius 2 is 1.80 bits per heavy atom. The molecule has 3 nitrogen and oxygen atoms in total. The van der Waals surface area contributed by atoms with Crippen LogP contribution in [0.1, 0.15) is 35.7 Å². The molecule has 1 atom stereocenters. The maximum Gasteiger partial charge on any atom is 0.303 e. The smallest absolute Gasteiger partial charge is 0.303 e. The minimum absolute atomic E-state index is 0.0213. The first-order valence-corrected chi connectivity index (χ1v) is 6.72. The molecule has 0 heterocycles. The first-order valence-electron chi connectivity index (χ1n) is 6.72. The lowest BCUT2D eigenvalue weighted by molar-refractivity contribution is -0.137. The fourth-order valence-electron chi connectivity index (χ4n) is 2.54. The van der Waals surface area contributed by atoms with Crippen LogP contribution < -0.4 is 0 Å². The number of aryl methyl sites for hydroxylation is 1. The van der Waals surface area contributed by atoms with E-state index >= 15 is 0 Å². The van der Waals surface area contributed by atoms with Crippen molar-refractivity contribution in [2.75, 3.05) is 0 Å². The van der Waals surface area contributed by atoms with Gasteiger partial charge in [0.25, 0.3) is 0 Å². The van der Waals surface area contributed by atoms with E-state index in [1.807, 2.05) is 43.3 Å². The molecule has 2 aromatic carbocycles. The average molecular weight is 270 g/mol. The maximum atomic E-state index is 12.5. The number of carbonyl (C=O) groups excluding carboxylic acids is 1. The second-order valence-electron chi connectivity index (χ2n) is 5.31. The molecule has 0 radical (unpaired) electrons. The van der Waals surface area contributed by atoms with Crippen molar-refractivity contribution in [1.29, 1.82) is 0 Å². The molecule has 0 spiro atoms. The molecule has 104 valence electrons. The Bertz CT molecular complexity index is 658. The molecule has 0 saturated heterocycles. The van der Waals surface area contributed by atoms with Crippen LogP contribution in [0.25, 0.3) is 10.8 Å². The summed E-state index contributed by atoms with van der Waals surface area (Å²) < 4.78 is 0. The summed E-state index contributed by atoms with van der Waals surface area (Å²) in [5.41, 5.74) is 1.66. The zero-order valence-corrected chi connectivity index (χ0v) is 11.7. The van der Waals surface area contributed by atoms with Crippen LogP contribution >= 0.6 is 0 Å². The summed E-state index contributed by atoms with van der Waals surface area (Å²) in [4.78, 5) is 23.2. The Morgan fingerprint density at radius 3 is 2.50 bits per heavy atom. The van der Waals surface area contributed by atoms with Crippen LogP contribution in [0.3, 0.4) is 0 Å². The summed E-state index contributed by atoms with van der Waals surface area (Å²) in [5, 5.41) is 10.8. The highest BCUT2D eigenvalue weighted by atomic mass is 16.4. The fourth-order valence-corrected chi connectivity index (χ4v) is 2.54. The predicted molar refractivity (Wildman–Crippen MR) is 79.0 cm³/mol. The molecule has 1 unspecified atom stereocenters. The standard InChI is InChI=1S/C17H18O3/c1-11(10-16(19)20)9-15(18)17-12(2)7-8-13-5-3-4-6-14(13)17/h3-8,11H,9-10H2,1-2H3,(H,19,20). The summed E-state index contributed by atoms with van der Waals surface area (Å²) in [6, 6.07) is 11.7. The van der Waals surface area contributed by atoms with Gasteiger partial charge in [0.15, 0.2) is 5.78 Å². The number of ketones is 1.